The number of piperazine rings is 1. The van der Waals surface area contributed by atoms with Gasteiger partial charge in [-0.1, -0.05) is 30.3 Å². The van der Waals surface area contributed by atoms with E-state index in [0.29, 0.717) is 12.1 Å². The average molecular weight is 331 g/mol. The Morgan fingerprint density at radius 2 is 1.96 bits per heavy atom. The molecule has 0 bridgehead atoms. The van der Waals surface area contributed by atoms with Gasteiger partial charge in [-0.05, 0) is 38.7 Å². The second-order valence-electron chi connectivity index (χ2n) is 6.56. The first-order valence-corrected chi connectivity index (χ1v) is 8.58. The van der Waals surface area contributed by atoms with Crippen molar-refractivity contribution in [3.63, 3.8) is 0 Å². The number of nitrogens with zero attached hydrogens (tertiary/aromatic N) is 5. The average Bonchev–Trinajstić information content (AvgIpc) is 2.91. The van der Waals surface area contributed by atoms with E-state index in [9.17, 15) is 0 Å². The van der Waals surface area contributed by atoms with Crippen LogP contribution in [0.15, 0.2) is 36.7 Å². The highest BCUT2D eigenvalue weighted by molar-refractivity contribution is 7.71. The zero-order valence-electron chi connectivity index (χ0n) is 14.1. The van der Waals surface area contributed by atoms with E-state index in [1.807, 2.05) is 15.6 Å². The van der Waals surface area contributed by atoms with Crippen molar-refractivity contribution >= 4 is 12.2 Å². The van der Waals surface area contributed by atoms with Crippen molar-refractivity contribution in [2.75, 3.05) is 26.7 Å². The van der Waals surface area contributed by atoms with Gasteiger partial charge < -0.3 is 9.47 Å². The molecule has 0 radical (unpaired) electrons. The van der Waals surface area contributed by atoms with E-state index in [0.717, 1.165) is 31.1 Å². The molecule has 0 amide bonds. The standard InChI is InChI=1S/C17H25N5S/c1-14(2)21-12-18-22(17(21)23)13-20-10-9-19(3)11-16(20)15-7-5-4-6-8-15/h4-8,12,14,16H,9-11,13H2,1-3H3/t16-/m1/s1. The highest BCUT2D eigenvalue weighted by atomic mass is 32.1. The first kappa shape index (κ1) is 16.4. The lowest BCUT2D eigenvalue weighted by molar-refractivity contribution is 0.0582. The molecule has 0 N–H and O–H groups in total. The summed E-state index contributed by atoms with van der Waals surface area (Å²) in [6.07, 6.45) is 1.85. The Hall–Kier alpha value is -1.50. The summed E-state index contributed by atoms with van der Waals surface area (Å²) in [5.41, 5.74) is 1.36. The van der Waals surface area contributed by atoms with Crippen molar-refractivity contribution in [1.82, 2.24) is 24.1 Å². The van der Waals surface area contributed by atoms with E-state index < -0.39 is 0 Å². The fourth-order valence-corrected chi connectivity index (χ4v) is 3.45. The van der Waals surface area contributed by atoms with E-state index in [2.05, 4.69) is 66.1 Å². The van der Waals surface area contributed by atoms with Gasteiger partial charge in [0, 0.05) is 31.7 Å². The lowest BCUT2D eigenvalue weighted by atomic mass is 10.0. The highest BCUT2D eigenvalue weighted by Crippen LogP contribution is 2.25. The summed E-state index contributed by atoms with van der Waals surface area (Å²) in [5.74, 6) is 0. The molecule has 0 saturated carbocycles. The van der Waals surface area contributed by atoms with Gasteiger partial charge in [0.2, 0.25) is 0 Å². The van der Waals surface area contributed by atoms with Gasteiger partial charge in [-0.2, -0.15) is 5.10 Å². The first-order chi connectivity index (χ1) is 11.1. The SMILES string of the molecule is CC(C)n1cnn(CN2CCN(C)C[C@@H]2c2ccccc2)c1=S. The van der Waals surface area contributed by atoms with Crippen molar-refractivity contribution in [3.8, 4) is 0 Å². The van der Waals surface area contributed by atoms with Crippen LogP contribution >= 0.6 is 12.2 Å². The van der Waals surface area contributed by atoms with Crippen LogP contribution in [-0.4, -0.2) is 50.8 Å². The second-order valence-corrected chi connectivity index (χ2v) is 6.92. The van der Waals surface area contributed by atoms with Crippen LogP contribution in [0.2, 0.25) is 0 Å². The molecule has 1 aliphatic rings. The van der Waals surface area contributed by atoms with E-state index in [-0.39, 0.29) is 0 Å². The smallest absolute Gasteiger partial charge is 0.199 e. The molecule has 124 valence electrons. The summed E-state index contributed by atoms with van der Waals surface area (Å²) in [6.45, 7) is 8.12. The highest BCUT2D eigenvalue weighted by Gasteiger charge is 2.27. The van der Waals surface area contributed by atoms with Gasteiger partial charge in [-0.25, -0.2) is 4.68 Å². The van der Waals surface area contributed by atoms with Crippen LogP contribution in [0.4, 0.5) is 0 Å². The zero-order chi connectivity index (χ0) is 16.4. The molecule has 3 rings (SSSR count). The first-order valence-electron chi connectivity index (χ1n) is 8.17. The van der Waals surface area contributed by atoms with Gasteiger partial charge in [0.25, 0.3) is 0 Å². The number of aromatic nitrogens is 3. The molecule has 1 aromatic carbocycles. The lowest BCUT2D eigenvalue weighted by Crippen LogP contribution is -2.47. The Kier molecular flexibility index (Phi) is 4.94. The van der Waals surface area contributed by atoms with Gasteiger partial charge >= 0.3 is 0 Å². The molecule has 2 heterocycles. The van der Waals surface area contributed by atoms with E-state index in [4.69, 9.17) is 12.2 Å². The molecule has 5 nitrogen and oxygen atoms in total. The minimum atomic E-state index is 0.341. The van der Waals surface area contributed by atoms with Crippen molar-refractivity contribution in [2.24, 2.45) is 0 Å². The molecule has 23 heavy (non-hydrogen) atoms. The topological polar surface area (TPSA) is 29.2 Å². The molecular formula is C17H25N5S. The molecule has 1 saturated heterocycles. The molecule has 0 spiro atoms. The number of rotatable bonds is 4. The van der Waals surface area contributed by atoms with Crippen molar-refractivity contribution in [2.45, 2.75) is 32.6 Å². The molecule has 1 atom stereocenters. The summed E-state index contributed by atoms with van der Waals surface area (Å²) in [7, 11) is 2.19. The van der Waals surface area contributed by atoms with Crippen molar-refractivity contribution < 1.29 is 0 Å². The van der Waals surface area contributed by atoms with Gasteiger partial charge in [-0.3, -0.25) is 4.90 Å². The van der Waals surface area contributed by atoms with Crippen molar-refractivity contribution in [3.05, 3.63) is 47.0 Å². The minimum Gasteiger partial charge on any atom is -0.304 e. The summed E-state index contributed by atoms with van der Waals surface area (Å²) >= 11 is 5.57. The predicted molar refractivity (Wildman–Crippen MR) is 94.8 cm³/mol. The summed E-state index contributed by atoms with van der Waals surface area (Å²) < 4.78 is 4.78. The van der Waals surface area contributed by atoms with Gasteiger partial charge in [0.1, 0.15) is 6.33 Å². The molecule has 6 heteroatoms. The Bertz CT molecular complexity index is 691. The van der Waals surface area contributed by atoms with Crippen LogP contribution in [0.5, 0.6) is 0 Å². The second kappa shape index (κ2) is 6.95. The molecule has 0 aliphatic carbocycles. The maximum absolute atomic E-state index is 5.57. The molecular weight excluding hydrogens is 306 g/mol. The number of hydrogen-bond acceptors (Lipinski definition) is 4. The quantitative estimate of drug-likeness (QED) is 0.806. The maximum Gasteiger partial charge on any atom is 0.199 e. The Morgan fingerprint density at radius 3 is 2.61 bits per heavy atom. The van der Waals surface area contributed by atoms with Crippen LogP contribution in [0, 0.1) is 4.77 Å². The number of likely N-dealkylation sites (N-methyl/N-ethyl adjacent to an activating group) is 1. The Morgan fingerprint density at radius 1 is 1.22 bits per heavy atom. The zero-order valence-corrected chi connectivity index (χ0v) is 14.9. The van der Waals surface area contributed by atoms with Gasteiger partial charge in [0.15, 0.2) is 4.77 Å². The third kappa shape index (κ3) is 3.54. The van der Waals surface area contributed by atoms with Crippen LogP contribution in [0.25, 0.3) is 0 Å². The van der Waals surface area contributed by atoms with Crippen LogP contribution in [-0.2, 0) is 6.67 Å². The van der Waals surface area contributed by atoms with Crippen LogP contribution in [0.3, 0.4) is 0 Å². The van der Waals surface area contributed by atoms with E-state index in [1.54, 1.807) is 0 Å². The Labute approximate surface area is 143 Å². The van der Waals surface area contributed by atoms with Gasteiger partial charge in [0.05, 0.1) is 6.67 Å². The Balaban J connectivity index is 1.84. The molecule has 1 fully saturated rings. The summed E-state index contributed by atoms with van der Waals surface area (Å²) in [4.78, 5) is 4.86. The summed E-state index contributed by atoms with van der Waals surface area (Å²) in [5, 5.41) is 4.50. The largest absolute Gasteiger partial charge is 0.304 e. The fourth-order valence-electron chi connectivity index (χ4n) is 3.09. The van der Waals surface area contributed by atoms with Crippen LogP contribution < -0.4 is 0 Å². The van der Waals surface area contributed by atoms with Crippen molar-refractivity contribution in [1.29, 1.82) is 0 Å². The van der Waals surface area contributed by atoms with E-state index >= 15 is 0 Å². The fraction of sp³-hybridized carbons (Fsp3) is 0.529. The minimum absolute atomic E-state index is 0.341. The van der Waals surface area contributed by atoms with E-state index in [1.165, 1.54) is 5.56 Å². The third-order valence-electron chi connectivity index (χ3n) is 4.51. The molecule has 2 aromatic rings. The number of benzene rings is 1. The maximum atomic E-state index is 5.57. The third-order valence-corrected chi connectivity index (χ3v) is 4.93. The van der Waals surface area contributed by atoms with Crippen LogP contribution in [0.1, 0.15) is 31.5 Å². The lowest BCUT2D eigenvalue weighted by Gasteiger charge is -2.40. The predicted octanol–water partition coefficient (Wildman–Crippen LogP) is 2.94. The van der Waals surface area contributed by atoms with Gasteiger partial charge in [-0.15, -0.1) is 0 Å². The molecule has 1 aromatic heterocycles. The monoisotopic (exact) mass is 331 g/mol. The molecule has 0 unspecified atom stereocenters. The number of hydrogen-bond donors (Lipinski definition) is 0. The molecule has 1 aliphatic heterocycles. The summed E-state index contributed by atoms with van der Waals surface area (Å²) in [6, 6.07) is 11.4. The normalized spacial score (nSPS) is 20.3.